The first-order valence-electron chi connectivity index (χ1n) is 7.20. The Labute approximate surface area is 134 Å². The molecule has 0 amide bonds. The zero-order chi connectivity index (χ0) is 16.3. The molecule has 0 bridgehead atoms. The van der Waals surface area contributed by atoms with Gasteiger partial charge in [0.05, 0.1) is 18.7 Å². The minimum absolute atomic E-state index is 0.0381. The van der Waals surface area contributed by atoms with Crippen LogP contribution in [0, 0.1) is 13.8 Å². The number of pyridine rings is 1. The summed E-state index contributed by atoms with van der Waals surface area (Å²) in [6.45, 7) is 4.10. The quantitative estimate of drug-likeness (QED) is 0.864. The molecule has 2 rings (SSSR count). The third-order valence-corrected chi connectivity index (χ3v) is 4.26. The zero-order valence-electron chi connectivity index (χ0n) is 13.5. The van der Waals surface area contributed by atoms with E-state index in [4.69, 9.17) is 0 Å². The highest BCUT2D eigenvalue weighted by atomic mass is 32.2. The van der Waals surface area contributed by atoms with E-state index in [1.165, 1.54) is 0 Å². The third kappa shape index (κ3) is 3.25. The van der Waals surface area contributed by atoms with E-state index < -0.39 is 0 Å². The van der Waals surface area contributed by atoms with Crippen LogP contribution in [-0.2, 0) is 20.0 Å². The fraction of sp³-hybridized carbons (Fsp3) is 0.533. The van der Waals surface area contributed by atoms with Gasteiger partial charge in [-0.15, -0.1) is 0 Å². The summed E-state index contributed by atoms with van der Waals surface area (Å²) in [5, 5.41) is 13.7. The molecule has 0 radical (unpaired) electrons. The Morgan fingerprint density at radius 2 is 2.09 bits per heavy atom. The van der Waals surface area contributed by atoms with Crippen molar-refractivity contribution in [2.24, 2.45) is 7.05 Å². The Balaban J connectivity index is 2.58. The predicted octanol–water partition coefficient (Wildman–Crippen LogP) is 1.16. The second-order valence-electron chi connectivity index (χ2n) is 5.25. The van der Waals surface area contributed by atoms with Gasteiger partial charge in [-0.05, 0) is 31.7 Å². The van der Waals surface area contributed by atoms with Gasteiger partial charge in [0.2, 0.25) is 0 Å². The van der Waals surface area contributed by atoms with E-state index >= 15 is 0 Å². The van der Waals surface area contributed by atoms with Crippen LogP contribution < -0.4 is 5.56 Å². The van der Waals surface area contributed by atoms with Crippen LogP contribution in [0.1, 0.15) is 17.1 Å². The lowest BCUT2D eigenvalue weighted by Crippen LogP contribution is -2.23. The van der Waals surface area contributed by atoms with Gasteiger partial charge in [0, 0.05) is 24.9 Å². The minimum Gasteiger partial charge on any atom is -0.394 e. The van der Waals surface area contributed by atoms with Crippen molar-refractivity contribution in [3.8, 4) is 11.4 Å². The van der Waals surface area contributed by atoms with Gasteiger partial charge < -0.3 is 9.67 Å². The minimum atomic E-state index is -0.0829. The molecule has 0 spiro atoms. The summed E-state index contributed by atoms with van der Waals surface area (Å²) in [5.41, 5.74) is 2.26. The molecule has 0 unspecified atom stereocenters. The molecule has 1 N–H and O–H groups in total. The Hall–Kier alpha value is -1.60. The molecule has 0 fully saturated rings. The number of rotatable bonds is 6. The predicted molar refractivity (Wildman–Crippen MR) is 89.3 cm³/mol. The molecule has 0 aliphatic carbocycles. The topological polar surface area (TPSA) is 72.9 Å². The Kier molecular flexibility index (Phi) is 5.42. The van der Waals surface area contributed by atoms with E-state index in [0.717, 1.165) is 23.4 Å². The molecule has 2 aromatic rings. The Morgan fingerprint density at radius 1 is 1.36 bits per heavy atom. The van der Waals surface area contributed by atoms with E-state index in [9.17, 15) is 9.90 Å². The van der Waals surface area contributed by atoms with Gasteiger partial charge in [0.1, 0.15) is 0 Å². The van der Waals surface area contributed by atoms with Crippen molar-refractivity contribution in [3.05, 3.63) is 33.5 Å². The standard InChI is InChI=1S/C15H22N4O2S/c1-10-9-11(2)18(3)15(21)13(10)14-16-12(5-8-22-4)17-19(14)6-7-20/h9,20H,5-8H2,1-4H3. The number of aliphatic hydroxyl groups excluding tert-OH is 1. The van der Waals surface area contributed by atoms with Crippen molar-refractivity contribution in [3.63, 3.8) is 0 Å². The van der Waals surface area contributed by atoms with Crippen LogP contribution in [0.3, 0.4) is 0 Å². The van der Waals surface area contributed by atoms with Crippen molar-refractivity contribution >= 4 is 11.8 Å². The van der Waals surface area contributed by atoms with Gasteiger partial charge in [0.15, 0.2) is 11.6 Å². The van der Waals surface area contributed by atoms with Crippen LogP contribution in [0.2, 0.25) is 0 Å². The molecule has 2 aromatic heterocycles. The van der Waals surface area contributed by atoms with Gasteiger partial charge in [-0.1, -0.05) is 0 Å². The monoisotopic (exact) mass is 322 g/mol. The second-order valence-corrected chi connectivity index (χ2v) is 6.23. The lowest BCUT2D eigenvalue weighted by Gasteiger charge is -2.10. The maximum absolute atomic E-state index is 12.6. The normalized spacial score (nSPS) is 11.1. The highest BCUT2D eigenvalue weighted by Crippen LogP contribution is 2.19. The van der Waals surface area contributed by atoms with Crippen molar-refractivity contribution in [2.75, 3.05) is 18.6 Å². The molecule has 120 valence electrons. The van der Waals surface area contributed by atoms with Crippen LogP contribution in [-0.4, -0.2) is 43.1 Å². The van der Waals surface area contributed by atoms with Gasteiger partial charge >= 0.3 is 0 Å². The molecular weight excluding hydrogens is 300 g/mol. The molecule has 0 saturated carbocycles. The van der Waals surface area contributed by atoms with Crippen LogP contribution in [0.25, 0.3) is 11.4 Å². The molecule has 2 heterocycles. The van der Waals surface area contributed by atoms with Crippen LogP contribution in [0.15, 0.2) is 10.9 Å². The molecule has 0 saturated heterocycles. The van der Waals surface area contributed by atoms with Crippen molar-refractivity contribution in [1.82, 2.24) is 19.3 Å². The summed E-state index contributed by atoms with van der Waals surface area (Å²) in [6.07, 6.45) is 2.78. The maximum atomic E-state index is 12.6. The lowest BCUT2D eigenvalue weighted by molar-refractivity contribution is 0.270. The van der Waals surface area contributed by atoms with Gasteiger partial charge in [0.25, 0.3) is 5.56 Å². The van der Waals surface area contributed by atoms with E-state index in [-0.39, 0.29) is 12.2 Å². The summed E-state index contributed by atoms with van der Waals surface area (Å²) in [6, 6.07) is 1.97. The fourth-order valence-electron chi connectivity index (χ4n) is 2.37. The number of aromatic nitrogens is 4. The van der Waals surface area contributed by atoms with Gasteiger partial charge in [-0.25, -0.2) is 9.67 Å². The largest absolute Gasteiger partial charge is 0.394 e. The number of aliphatic hydroxyl groups is 1. The first-order chi connectivity index (χ1) is 10.5. The smallest absolute Gasteiger partial charge is 0.261 e. The number of hydrogen-bond donors (Lipinski definition) is 1. The molecule has 0 aliphatic heterocycles. The summed E-state index contributed by atoms with van der Waals surface area (Å²) < 4.78 is 3.25. The Morgan fingerprint density at radius 3 is 2.73 bits per heavy atom. The first kappa shape index (κ1) is 16.8. The number of hydrogen-bond acceptors (Lipinski definition) is 5. The van der Waals surface area contributed by atoms with Gasteiger partial charge in [-0.3, -0.25) is 4.79 Å². The SMILES string of the molecule is CSCCc1nc(-c2c(C)cc(C)n(C)c2=O)n(CCO)n1. The highest BCUT2D eigenvalue weighted by molar-refractivity contribution is 7.98. The van der Waals surface area contributed by atoms with Crippen LogP contribution in [0.5, 0.6) is 0 Å². The van der Waals surface area contributed by atoms with E-state index in [0.29, 0.717) is 23.8 Å². The highest BCUT2D eigenvalue weighted by Gasteiger charge is 2.18. The second kappa shape index (κ2) is 7.11. The van der Waals surface area contributed by atoms with Crippen molar-refractivity contribution in [2.45, 2.75) is 26.8 Å². The van der Waals surface area contributed by atoms with Crippen molar-refractivity contribution in [1.29, 1.82) is 0 Å². The molecular formula is C15H22N4O2S. The zero-order valence-corrected chi connectivity index (χ0v) is 14.3. The number of thioether (sulfide) groups is 1. The summed E-state index contributed by atoms with van der Waals surface area (Å²) >= 11 is 1.73. The van der Waals surface area contributed by atoms with Gasteiger partial charge in [-0.2, -0.15) is 16.9 Å². The molecule has 0 atom stereocenters. The van der Waals surface area contributed by atoms with E-state index in [1.54, 1.807) is 28.1 Å². The van der Waals surface area contributed by atoms with Crippen LogP contribution in [0.4, 0.5) is 0 Å². The molecule has 0 aliphatic rings. The number of nitrogens with zero attached hydrogens (tertiary/aromatic N) is 4. The molecule has 22 heavy (non-hydrogen) atoms. The van der Waals surface area contributed by atoms with Crippen LogP contribution >= 0.6 is 11.8 Å². The average Bonchev–Trinajstić information content (AvgIpc) is 2.86. The summed E-state index contributed by atoms with van der Waals surface area (Å²) in [4.78, 5) is 17.1. The first-order valence-corrected chi connectivity index (χ1v) is 8.60. The summed E-state index contributed by atoms with van der Waals surface area (Å²) in [5.74, 6) is 2.18. The van der Waals surface area contributed by atoms with E-state index in [2.05, 4.69) is 10.1 Å². The third-order valence-electron chi connectivity index (χ3n) is 3.65. The molecule has 6 nitrogen and oxygen atoms in total. The fourth-order valence-corrected chi connectivity index (χ4v) is 2.76. The molecule has 0 aromatic carbocycles. The Bertz CT molecular complexity index is 721. The molecule has 7 heteroatoms. The average molecular weight is 322 g/mol. The lowest BCUT2D eigenvalue weighted by atomic mass is 10.1. The number of aryl methyl sites for hydroxylation is 3. The van der Waals surface area contributed by atoms with E-state index in [1.807, 2.05) is 26.2 Å². The summed E-state index contributed by atoms with van der Waals surface area (Å²) in [7, 11) is 1.75. The van der Waals surface area contributed by atoms with Crippen molar-refractivity contribution < 1.29 is 5.11 Å². The maximum Gasteiger partial charge on any atom is 0.261 e.